The Labute approximate surface area is 128 Å². The fourth-order valence-corrected chi connectivity index (χ4v) is 3.16. The van der Waals surface area contributed by atoms with Gasteiger partial charge in [-0.15, -0.1) is 11.3 Å². The van der Waals surface area contributed by atoms with E-state index in [0.717, 1.165) is 12.1 Å². The summed E-state index contributed by atoms with van der Waals surface area (Å²) in [5.41, 5.74) is 7.84. The Bertz CT molecular complexity index is 637. The van der Waals surface area contributed by atoms with Crippen molar-refractivity contribution in [2.75, 3.05) is 18.2 Å². The van der Waals surface area contributed by atoms with E-state index < -0.39 is 0 Å². The lowest BCUT2D eigenvalue weighted by Gasteiger charge is -2.17. The van der Waals surface area contributed by atoms with Crippen molar-refractivity contribution in [2.45, 2.75) is 26.3 Å². The second kappa shape index (κ2) is 6.63. The summed E-state index contributed by atoms with van der Waals surface area (Å²) in [6.45, 7) is 4.20. The first kappa shape index (κ1) is 15.4. The van der Waals surface area contributed by atoms with Crippen molar-refractivity contribution >= 4 is 28.7 Å². The molecule has 5 heteroatoms. The van der Waals surface area contributed by atoms with Crippen molar-refractivity contribution in [2.24, 2.45) is 0 Å². The van der Waals surface area contributed by atoms with Gasteiger partial charge in [-0.25, -0.2) is 4.79 Å². The number of hydrogen-bond acceptors (Lipinski definition) is 5. The second-order valence-corrected chi connectivity index (χ2v) is 6.43. The van der Waals surface area contributed by atoms with Gasteiger partial charge >= 0.3 is 5.97 Å². The van der Waals surface area contributed by atoms with Crippen molar-refractivity contribution in [1.82, 2.24) is 0 Å². The molecule has 1 atom stereocenters. The first-order chi connectivity index (χ1) is 9.99. The van der Waals surface area contributed by atoms with Crippen LogP contribution >= 0.6 is 11.3 Å². The molecule has 0 fully saturated rings. The number of esters is 1. The third-order valence-corrected chi connectivity index (χ3v) is 4.20. The zero-order valence-electron chi connectivity index (χ0n) is 12.5. The Morgan fingerprint density at radius 2 is 2.14 bits per heavy atom. The molecule has 0 radical (unpaired) electrons. The van der Waals surface area contributed by atoms with Gasteiger partial charge in [0, 0.05) is 22.2 Å². The summed E-state index contributed by atoms with van der Waals surface area (Å²) in [5.74, 6) is -0.361. The Balaban J connectivity index is 2.09. The number of carbonyl (C=O) groups excluding carboxylic acids is 1. The summed E-state index contributed by atoms with van der Waals surface area (Å²) in [6, 6.07) is 9.61. The number of methoxy groups -OCH3 is 1. The molecule has 0 saturated heterocycles. The predicted molar refractivity (Wildman–Crippen MR) is 88.0 cm³/mol. The van der Waals surface area contributed by atoms with E-state index in [1.165, 1.54) is 16.9 Å². The van der Waals surface area contributed by atoms with Gasteiger partial charge in [0.25, 0.3) is 0 Å². The van der Waals surface area contributed by atoms with E-state index in [0.29, 0.717) is 11.3 Å². The normalized spacial score (nSPS) is 12.0. The minimum absolute atomic E-state index is 0.221. The van der Waals surface area contributed by atoms with Crippen LogP contribution in [0, 0.1) is 6.92 Å². The van der Waals surface area contributed by atoms with Crippen molar-refractivity contribution in [3.63, 3.8) is 0 Å². The Hall–Kier alpha value is -2.01. The highest BCUT2D eigenvalue weighted by Gasteiger charge is 2.11. The fourth-order valence-electron chi connectivity index (χ4n) is 2.14. The summed E-state index contributed by atoms with van der Waals surface area (Å²) in [7, 11) is 1.37. The zero-order chi connectivity index (χ0) is 15.4. The number of thiophene rings is 1. The van der Waals surface area contributed by atoms with Gasteiger partial charge in [0.15, 0.2) is 0 Å². The topological polar surface area (TPSA) is 64.3 Å². The van der Waals surface area contributed by atoms with Gasteiger partial charge in [-0.3, -0.25) is 0 Å². The van der Waals surface area contributed by atoms with E-state index >= 15 is 0 Å². The monoisotopic (exact) mass is 304 g/mol. The van der Waals surface area contributed by atoms with Crippen LogP contribution in [0.1, 0.15) is 27.0 Å². The highest BCUT2D eigenvalue weighted by Crippen LogP contribution is 2.23. The SMILES string of the molecule is COC(=O)c1ccc(N)c(NC(C)Cc2ccc(C)s2)c1. The molecule has 112 valence electrons. The molecule has 0 spiro atoms. The van der Waals surface area contributed by atoms with Gasteiger partial charge in [0.2, 0.25) is 0 Å². The first-order valence-corrected chi connectivity index (χ1v) is 7.61. The average Bonchev–Trinajstić information content (AvgIpc) is 2.85. The molecular weight excluding hydrogens is 284 g/mol. The molecule has 0 saturated carbocycles. The van der Waals surface area contributed by atoms with E-state index in [9.17, 15) is 4.79 Å². The second-order valence-electron chi connectivity index (χ2n) is 5.06. The summed E-state index contributed by atoms with van der Waals surface area (Å²) < 4.78 is 4.73. The molecule has 2 rings (SSSR count). The van der Waals surface area contributed by atoms with Crippen LogP contribution in [0.3, 0.4) is 0 Å². The molecule has 1 unspecified atom stereocenters. The molecule has 0 aliphatic carbocycles. The van der Waals surface area contributed by atoms with Gasteiger partial charge in [0.05, 0.1) is 24.0 Å². The molecular formula is C16H20N2O2S. The maximum absolute atomic E-state index is 11.6. The zero-order valence-corrected chi connectivity index (χ0v) is 13.3. The standard InChI is InChI=1S/C16H20N2O2S/c1-10(8-13-6-4-11(2)21-13)18-15-9-12(16(19)20-3)5-7-14(15)17/h4-7,9-10,18H,8,17H2,1-3H3. The minimum atomic E-state index is -0.361. The molecule has 3 N–H and O–H groups in total. The van der Waals surface area contributed by atoms with Gasteiger partial charge in [-0.2, -0.15) is 0 Å². The molecule has 2 aromatic rings. The van der Waals surface area contributed by atoms with Crippen molar-refractivity contribution in [1.29, 1.82) is 0 Å². The average molecular weight is 304 g/mol. The number of nitrogen functional groups attached to an aromatic ring is 1. The molecule has 0 aliphatic heterocycles. The number of nitrogens with two attached hydrogens (primary N) is 1. The van der Waals surface area contributed by atoms with Crippen LogP contribution in [0.2, 0.25) is 0 Å². The smallest absolute Gasteiger partial charge is 0.337 e. The summed E-state index contributed by atoms with van der Waals surface area (Å²) in [5, 5.41) is 3.36. The lowest BCUT2D eigenvalue weighted by Crippen LogP contribution is -2.19. The van der Waals surface area contributed by atoms with E-state index in [2.05, 4.69) is 31.3 Å². The highest BCUT2D eigenvalue weighted by molar-refractivity contribution is 7.11. The molecule has 0 bridgehead atoms. The maximum atomic E-state index is 11.6. The number of aryl methyl sites for hydroxylation is 1. The summed E-state index contributed by atoms with van der Waals surface area (Å²) >= 11 is 1.80. The van der Waals surface area contributed by atoms with E-state index in [1.54, 1.807) is 29.5 Å². The molecule has 21 heavy (non-hydrogen) atoms. The van der Waals surface area contributed by atoms with Crippen LogP contribution < -0.4 is 11.1 Å². The predicted octanol–water partition coefficient (Wildman–Crippen LogP) is 3.47. The summed E-state index contributed by atoms with van der Waals surface area (Å²) in [4.78, 5) is 14.2. The Kier molecular flexibility index (Phi) is 4.85. The molecule has 1 heterocycles. The molecule has 1 aromatic carbocycles. The highest BCUT2D eigenvalue weighted by atomic mass is 32.1. The molecule has 0 aliphatic rings. The fraction of sp³-hybridized carbons (Fsp3) is 0.312. The van der Waals surface area contributed by atoms with E-state index in [-0.39, 0.29) is 12.0 Å². The molecule has 0 amide bonds. The van der Waals surface area contributed by atoms with Gasteiger partial charge in [-0.05, 0) is 44.2 Å². The van der Waals surface area contributed by atoms with E-state index in [4.69, 9.17) is 10.5 Å². The minimum Gasteiger partial charge on any atom is -0.465 e. The van der Waals surface area contributed by atoms with Crippen LogP contribution in [-0.4, -0.2) is 19.1 Å². The van der Waals surface area contributed by atoms with Crippen molar-refractivity contribution < 1.29 is 9.53 Å². The van der Waals surface area contributed by atoms with Crippen LogP contribution in [0.5, 0.6) is 0 Å². The van der Waals surface area contributed by atoms with Gasteiger partial charge in [0.1, 0.15) is 0 Å². The van der Waals surface area contributed by atoms with Crippen LogP contribution in [-0.2, 0) is 11.2 Å². The molecule has 1 aromatic heterocycles. The van der Waals surface area contributed by atoms with Crippen LogP contribution in [0.4, 0.5) is 11.4 Å². The number of hydrogen-bond donors (Lipinski definition) is 2. The van der Waals surface area contributed by atoms with Gasteiger partial charge in [-0.1, -0.05) is 0 Å². The molecule has 4 nitrogen and oxygen atoms in total. The Morgan fingerprint density at radius 3 is 2.76 bits per heavy atom. The largest absolute Gasteiger partial charge is 0.465 e. The number of rotatable bonds is 5. The first-order valence-electron chi connectivity index (χ1n) is 6.79. The number of benzene rings is 1. The van der Waals surface area contributed by atoms with Crippen LogP contribution in [0.15, 0.2) is 30.3 Å². The lowest BCUT2D eigenvalue weighted by molar-refractivity contribution is 0.0601. The lowest BCUT2D eigenvalue weighted by atomic mass is 10.1. The van der Waals surface area contributed by atoms with Crippen molar-refractivity contribution in [3.05, 3.63) is 45.6 Å². The third-order valence-electron chi connectivity index (χ3n) is 3.18. The number of ether oxygens (including phenoxy) is 1. The van der Waals surface area contributed by atoms with E-state index in [1.807, 2.05) is 0 Å². The summed E-state index contributed by atoms with van der Waals surface area (Å²) in [6.07, 6.45) is 0.917. The number of anilines is 2. The van der Waals surface area contributed by atoms with Crippen LogP contribution in [0.25, 0.3) is 0 Å². The number of carbonyl (C=O) groups is 1. The quantitative estimate of drug-likeness (QED) is 0.656. The van der Waals surface area contributed by atoms with Gasteiger partial charge < -0.3 is 15.8 Å². The third kappa shape index (κ3) is 3.98. The van der Waals surface area contributed by atoms with Crippen molar-refractivity contribution in [3.8, 4) is 0 Å². The number of nitrogens with one attached hydrogen (secondary N) is 1. The maximum Gasteiger partial charge on any atom is 0.337 e. The Morgan fingerprint density at radius 1 is 1.38 bits per heavy atom.